The van der Waals surface area contributed by atoms with E-state index in [0.717, 1.165) is 78.1 Å². The second kappa shape index (κ2) is 8.57. The molecule has 1 fully saturated rings. The average Bonchev–Trinajstić information content (AvgIpc) is 3.30. The Morgan fingerprint density at radius 1 is 0.839 bits per heavy atom. The molecule has 3 aromatic rings. The quantitative estimate of drug-likeness (QED) is 0.688. The van der Waals surface area contributed by atoms with Crippen LogP contribution in [0.25, 0.3) is 21.9 Å². The van der Waals surface area contributed by atoms with E-state index < -0.39 is 0 Å². The Morgan fingerprint density at radius 3 is 2.39 bits per heavy atom. The highest BCUT2D eigenvalue weighted by atomic mass is 16.7. The minimum atomic E-state index is 0.0866. The van der Waals surface area contributed by atoms with E-state index in [2.05, 4.69) is 23.1 Å². The molecule has 6 heteroatoms. The molecule has 0 aromatic heterocycles. The van der Waals surface area contributed by atoms with Crippen LogP contribution in [0.2, 0.25) is 0 Å². The van der Waals surface area contributed by atoms with E-state index in [9.17, 15) is 4.79 Å². The van der Waals surface area contributed by atoms with Gasteiger partial charge in [-0.15, -0.1) is 0 Å². The van der Waals surface area contributed by atoms with Gasteiger partial charge in [0.2, 0.25) is 6.79 Å². The number of hydrogen-bond donors (Lipinski definition) is 1. The predicted octanol–water partition coefficient (Wildman–Crippen LogP) is 3.38. The number of carbonyl (C=O) groups excluding carboxylic acids is 1. The van der Waals surface area contributed by atoms with Gasteiger partial charge in [0.05, 0.1) is 0 Å². The highest BCUT2D eigenvalue weighted by Gasteiger charge is 2.22. The lowest BCUT2D eigenvalue weighted by Crippen LogP contribution is -2.48. The minimum absolute atomic E-state index is 0.0866. The smallest absolute Gasteiger partial charge is 0.253 e. The Kier molecular flexibility index (Phi) is 5.49. The number of carbonyl (C=O) groups is 1. The van der Waals surface area contributed by atoms with Gasteiger partial charge in [-0.3, -0.25) is 9.69 Å². The number of piperazine rings is 1. The SMILES string of the molecule is O=C(c1ccc2cc(-c3ccc4c(c3)OCO4)ccc2c1)N1CCN(CCCO)CC1. The summed E-state index contributed by atoms with van der Waals surface area (Å²) in [5.41, 5.74) is 2.90. The Morgan fingerprint density at radius 2 is 1.55 bits per heavy atom. The fourth-order valence-corrected chi connectivity index (χ4v) is 4.29. The van der Waals surface area contributed by atoms with E-state index in [1.807, 2.05) is 41.3 Å². The van der Waals surface area contributed by atoms with E-state index in [0.29, 0.717) is 0 Å². The fraction of sp³-hybridized carbons (Fsp3) is 0.320. The molecule has 1 N–H and O–H groups in total. The Labute approximate surface area is 181 Å². The molecule has 0 aliphatic carbocycles. The zero-order valence-electron chi connectivity index (χ0n) is 17.4. The summed E-state index contributed by atoms with van der Waals surface area (Å²) >= 11 is 0. The summed E-state index contributed by atoms with van der Waals surface area (Å²) in [6, 6.07) is 18.2. The van der Waals surface area contributed by atoms with Crippen LogP contribution in [-0.2, 0) is 0 Å². The van der Waals surface area contributed by atoms with Gasteiger partial charge >= 0.3 is 0 Å². The number of aliphatic hydroxyl groups is 1. The van der Waals surface area contributed by atoms with Gasteiger partial charge in [0.25, 0.3) is 5.91 Å². The molecule has 0 unspecified atom stereocenters. The number of nitrogens with zero attached hydrogens (tertiary/aromatic N) is 2. The Bertz CT molecular complexity index is 1110. The molecular formula is C25H26N2O4. The first kappa shape index (κ1) is 19.8. The number of fused-ring (bicyclic) bond motifs is 2. The van der Waals surface area contributed by atoms with Crippen molar-refractivity contribution in [2.24, 2.45) is 0 Å². The summed E-state index contributed by atoms with van der Waals surface area (Å²) in [6.45, 7) is 4.55. The van der Waals surface area contributed by atoms with Gasteiger partial charge in [0.1, 0.15) is 0 Å². The first-order valence-corrected chi connectivity index (χ1v) is 10.8. The molecule has 6 nitrogen and oxygen atoms in total. The van der Waals surface area contributed by atoms with Crippen LogP contribution in [0.5, 0.6) is 11.5 Å². The van der Waals surface area contributed by atoms with Crippen LogP contribution in [0, 0.1) is 0 Å². The molecule has 2 aliphatic heterocycles. The second-order valence-corrected chi connectivity index (χ2v) is 8.06. The third kappa shape index (κ3) is 4.09. The fourth-order valence-electron chi connectivity index (χ4n) is 4.29. The van der Waals surface area contributed by atoms with Crippen LogP contribution in [0.3, 0.4) is 0 Å². The number of amides is 1. The number of hydrogen-bond acceptors (Lipinski definition) is 5. The molecule has 2 aliphatic rings. The number of benzene rings is 3. The Balaban J connectivity index is 1.32. The summed E-state index contributed by atoms with van der Waals surface area (Å²) in [7, 11) is 0. The van der Waals surface area contributed by atoms with Crippen molar-refractivity contribution in [2.45, 2.75) is 6.42 Å². The molecule has 0 saturated carbocycles. The van der Waals surface area contributed by atoms with Gasteiger partial charge in [-0.25, -0.2) is 0 Å². The average molecular weight is 418 g/mol. The molecule has 160 valence electrons. The number of rotatable bonds is 5. The van der Waals surface area contributed by atoms with Crippen molar-refractivity contribution in [2.75, 3.05) is 46.1 Å². The highest BCUT2D eigenvalue weighted by Crippen LogP contribution is 2.36. The lowest BCUT2D eigenvalue weighted by atomic mass is 9.99. The molecule has 0 atom stereocenters. The lowest BCUT2D eigenvalue weighted by Gasteiger charge is -2.34. The van der Waals surface area contributed by atoms with Crippen molar-refractivity contribution in [3.05, 3.63) is 60.2 Å². The van der Waals surface area contributed by atoms with Gasteiger partial charge in [-0.05, 0) is 58.7 Å². The summed E-state index contributed by atoms with van der Waals surface area (Å²) in [5, 5.41) is 11.1. The maximum Gasteiger partial charge on any atom is 0.253 e. The van der Waals surface area contributed by atoms with Gasteiger partial charge in [0.15, 0.2) is 11.5 Å². The summed E-state index contributed by atoms with van der Waals surface area (Å²) in [6.07, 6.45) is 0.785. The minimum Gasteiger partial charge on any atom is -0.454 e. The standard InChI is InChI=1S/C25H26N2O4/c28-13-1-8-26-9-11-27(12-10-26)25(29)22-5-4-18-14-19(2-3-20(18)15-22)21-6-7-23-24(16-21)31-17-30-23/h2-7,14-16,28H,1,8-13,17H2. The summed E-state index contributed by atoms with van der Waals surface area (Å²) in [4.78, 5) is 17.2. The lowest BCUT2D eigenvalue weighted by molar-refractivity contribution is 0.0629. The molecule has 5 rings (SSSR count). The van der Waals surface area contributed by atoms with E-state index in [-0.39, 0.29) is 19.3 Å². The molecule has 2 heterocycles. The van der Waals surface area contributed by atoms with E-state index in [4.69, 9.17) is 14.6 Å². The van der Waals surface area contributed by atoms with Crippen LogP contribution < -0.4 is 9.47 Å². The summed E-state index contributed by atoms with van der Waals surface area (Å²) < 4.78 is 10.9. The molecular weight excluding hydrogens is 392 g/mol. The van der Waals surface area contributed by atoms with Crippen molar-refractivity contribution in [3.63, 3.8) is 0 Å². The largest absolute Gasteiger partial charge is 0.454 e. The predicted molar refractivity (Wildman–Crippen MR) is 120 cm³/mol. The molecule has 0 spiro atoms. The third-order valence-corrected chi connectivity index (χ3v) is 6.09. The second-order valence-electron chi connectivity index (χ2n) is 8.06. The van der Waals surface area contributed by atoms with Crippen LogP contribution in [-0.4, -0.2) is 66.9 Å². The molecule has 0 bridgehead atoms. The van der Waals surface area contributed by atoms with Crippen molar-refractivity contribution in [3.8, 4) is 22.6 Å². The van der Waals surface area contributed by atoms with Gasteiger partial charge in [0, 0.05) is 44.9 Å². The molecule has 0 radical (unpaired) electrons. The van der Waals surface area contributed by atoms with E-state index >= 15 is 0 Å². The highest BCUT2D eigenvalue weighted by molar-refractivity contribution is 5.99. The Hall–Kier alpha value is -3.09. The zero-order chi connectivity index (χ0) is 21.2. The monoisotopic (exact) mass is 418 g/mol. The van der Waals surface area contributed by atoms with E-state index in [1.165, 1.54) is 0 Å². The third-order valence-electron chi connectivity index (χ3n) is 6.09. The van der Waals surface area contributed by atoms with Crippen LogP contribution in [0.1, 0.15) is 16.8 Å². The summed E-state index contributed by atoms with van der Waals surface area (Å²) in [5.74, 6) is 1.64. The molecule has 31 heavy (non-hydrogen) atoms. The first-order chi connectivity index (χ1) is 15.2. The zero-order valence-corrected chi connectivity index (χ0v) is 17.4. The van der Waals surface area contributed by atoms with Gasteiger partial charge in [-0.1, -0.05) is 24.3 Å². The van der Waals surface area contributed by atoms with Crippen molar-refractivity contribution < 1.29 is 19.4 Å². The van der Waals surface area contributed by atoms with Gasteiger partial charge in [-0.2, -0.15) is 0 Å². The normalized spacial score (nSPS) is 16.1. The van der Waals surface area contributed by atoms with Crippen LogP contribution >= 0.6 is 0 Å². The first-order valence-electron chi connectivity index (χ1n) is 10.8. The maximum atomic E-state index is 13.0. The van der Waals surface area contributed by atoms with Crippen LogP contribution in [0.15, 0.2) is 54.6 Å². The van der Waals surface area contributed by atoms with E-state index in [1.54, 1.807) is 0 Å². The van der Waals surface area contributed by atoms with Crippen molar-refractivity contribution >= 4 is 16.7 Å². The molecule has 1 amide bonds. The molecule has 1 saturated heterocycles. The topological polar surface area (TPSA) is 62.2 Å². The maximum absolute atomic E-state index is 13.0. The number of aliphatic hydroxyl groups excluding tert-OH is 1. The van der Waals surface area contributed by atoms with Crippen molar-refractivity contribution in [1.82, 2.24) is 9.80 Å². The molecule has 3 aromatic carbocycles. The van der Waals surface area contributed by atoms with Crippen LogP contribution in [0.4, 0.5) is 0 Å². The van der Waals surface area contributed by atoms with Crippen molar-refractivity contribution in [1.29, 1.82) is 0 Å². The van der Waals surface area contributed by atoms with Gasteiger partial charge < -0.3 is 19.5 Å². The number of ether oxygens (including phenoxy) is 2.